The smallest absolute Gasteiger partial charge is 0.134 e. The van der Waals surface area contributed by atoms with Gasteiger partial charge in [0.1, 0.15) is 6.23 Å². The molecular formula is C4H8INO. The SMILES string of the molecule is C=C(C)C(O)NI. The molecule has 0 heterocycles. The highest BCUT2D eigenvalue weighted by molar-refractivity contribution is 14.1. The van der Waals surface area contributed by atoms with Gasteiger partial charge in [0.05, 0.1) is 0 Å². The molecule has 2 nitrogen and oxygen atoms in total. The summed E-state index contributed by atoms with van der Waals surface area (Å²) >= 11 is 1.87. The van der Waals surface area contributed by atoms with Crippen molar-refractivity contribution in [1.82, 2.24) is 3.53 Å². The molecule has 0 saturated heterocycles. The number of hydrogen-bond donors (Lipinski definition) is 2. The Bertz CT molecular complexity index is 74.1. The maximum Gasteiger partial charge on any atom is 0.134 e. The van der Waals surface area contributed by atoms with E-state index in [0.29, 0.717) is 0 Å². The molecule has 0 aromatic rings. The summed E-state index contributed by atoms with van der Waals surface area (Å²) < 4.78 is 2.59. The quantitative estimate of drug-likeness (QED) is 0.308. The van der Waals surface area contributed by atoms with Crippen molar-refractivity contribution in [2.24, 2.45) is 0 Å². The molecule has 0 amide bonds. The van der Waals surface area contributed by atoms with Gasteiger partial charge in [0.25, 0.3) is 0 Å². The fraction of sp³-hybridized carbons (Fsp3) is 0.500. The van der Waals surface area contributed by atoms with Gasteiger partial charge in [-0.05, 0) is 12.5 Å². The number of hydrogen-bond acceptors (Lipinski definition) is 2. The Morgan fingerprint density at radius 3 is 2.43 bits per heavy atom. The average Bonchev–Trinajstić information content (AvgIpc) is 1.65. The largest absolute Gasteiger partial charge is 0.374 e. The monoisotopic (exact) mass is 213 g/mol. The maximum absolute atomic E-state index is 8.72. The first-order valence-electron chi connectivity index (χ1n) is 1.88. The van der Waals surface area contributed by atoms with Gasteiger partial charge in [-0.3, -0.25) is 0 Å². The molecule has 0 fully saturated rings. The van der Waals surface area contributed by atoms with Crippen molar-refractivity contribution >= 4 is 22.9 Å². The van der Waals surface area contributed by atoms with Gasteiger partial charge in [0.2, 0.25) is 0 Å². The molecule has 0 aliphatic heterocycles. The molecule has 0 aliphatic rings. The molecule has 0 aromatic carbocycles. The van der Waals surface area contributed by atoms with Crippen LogP contribution in [-0.2, 0) is 0 Å². The lowest BCUT2D eigenvalue weighted by Crippen LogP contribution is -2.19. The predicted octanol–water partition coefficient (Wildman–Crippen LogP) is 0.821. The highest BCUT2D eigenvalue weighted by Crippen LogP contribution is 1.93. The Hall–Kier alpha value is 0.390. The topological polar surface area (TPSA) is 32.3 Å². The second-order valence-electron chi connectivity index (χ2n) is 1.36. The van der Waals surface area contributed by atoms with Gasteiger partial charge in [-0.25, -0.2) is 3.53 Å². The zero-order chi connectivity index (χ0) is 5.86. The summed E-state index contributed by atoms with van der Waals surface area (Å²) in [4.78, 5) is 0. The Balaban J connectivity index is 3.34. The number of nitrogens with one attached hydrogen (secondary N) is 1. The van der Waals surface area contributed by atoms with Crippen LogP contribution in [0.3, 0.4) is 0 Å². The standard InChI is InChI=1S/C4H8INO/c1-3(2)4(7)6-5/h4,6-7H,1H2,2H3. The minimum Gasteiger partial charge on any atom is -0.374 e. The zero-order valence-electron chi connectivity index (χ0n) is 4.11. The Labute approximate surface area is 57.1 Å². The van der Waals surface area contributed by atoms with Gasteiger partial charge in [-0.1, -0.05) is 6.58 Å². The van der Waals surface area contributed by atoms with E-state index in [0.717, 1.165) is 5.57 Å². The van der Waals surface area contributed by atoms with Crippen LogP contribution in [0.15, 0.2) is 12.2 Å². The summed E-state index contributed by atoms with van der Waals surface area (Å²) in [5.41, 5.74) is 0.731. The fourth-order valence-electron chi connectivity index (χ4n) is 0.0931. The summed E-state index contributed by atoms with van der Waals surface area (Å²) in [6, 6.07) is 0. The van der Waals surface area contributed by atoms with Crippen LogP contribution >= 0.6 is 22.9 Å². The highest BCUT2D eigenvalue weighted by Gasteiger charge is 1.96. The van der Waals surface area contributed by atoms with Gasteiger partial charge in [0.15, 0.2) is 0 Å². The first kappa shape index (κ1) is 7.39. The lowest BCUT2D eigenvalue weighted by molar-refractivity contribution is 0.209. The Morgan fingerprint density at radius 2 is 2.43 bits per heavy atom. The minimum atomic E-state index is -0.555. The highest BCUT2D eigenvalue weighted by atomic mass is 127. The van der Waals surface area contributed by atoms with Crippen LogP contribution in [0.2, 0.25) is 0 Å². The van der Waals surface area contributed by atoms with Crippen molar-refractivity contribution in [1.29, 1.82) is 0 Å². The van der Waals surface area contributed by atoms with E-state index in [1.54, 1.807) is 6.92 Å². The lowest BCUT2D eigenvalue weighted by atomic mass is 10.3. The number of aliphatic hydroxyl groups excluding tert-OH is 1. The van der Waals surface area contributed by atoms with Crippen LogP contribution in [-0.4, -0.2) is 11.3 Å². The van der Waals surface area contributed by atoms with E-state index in [4.69, 9.17) is 5.11 Å². The molecule has 42 valence electrons. The number of halogens is 1. The predicted molar refractivity (Wildman–Crippen MR) is 38.0 cm³/mol. The first-order valence-corrected chi connectivity index (χ1v) is 2.96. The fourth-order valence-corrected chi connectivity index (χ4v) is 0.625. The molecule has 1 atom stereocenters. The molecule has 1 unspecified atom stereocenters. The third-order valence-corrected chi connectivity index (χ3v) is 1.16. The van der Waals surface area contributed by atoms with Crippen molar-refractivity contribution in [2.75, 3.05) is 0 Å². The second-order valence-corrected chi connectivity index (χ2v) is 1.98. The van der Waals surface area contributed by atoms with Gasteiger partial charge < -0.3 is 5.11 Å². The zero-order valence-corrected chi connectivity index (χ0v) is 6.27. The van der Waals surface area contributed by atoms with Crippen molar-refractivity contribution in [3.8, 4) is 0 Å². The van der Waals surface area contributed by atoms with Crippen molar-refractivity contribution in [3.05, 3.63) is 12.2 Å². The molecule has 0 bridgehead atoms. The molecule has 3 heteroatoms. The van der Waals surface area contributed by atoms with E-state index in [-0.39, 0.29) is 0 Å². The first-order chi connectivity index (χ1) is 3.18. The van der Waals surface area contributed by atoms with E-state index in [1.165, 1.54) is 0 Å². The number of rotatable bonds is 2. The minimum absolute atomic E-state index is 0.555. The van der Waals surface area contributed by atoms with Crippen LogP contribution in [0.1, 0.15) is 6.92 Å². The van der Waals surface area contributed by atoms with Crippen LogP contribution in [0.4, 0.5) is 0 Å². The summed E-state index contributed by atoms with van der Waals surface area (Å²) in [5, 5.41) is 8.72. The van der Waals surface area contributed by atoms with Gasteiger partial charge in [0, 0.05) is 22.9 Å². The van der Waals surface area contributed by atoms with Gasteiger partial charge >= 0.3 is 0 Å². The molecular weight excluding hydrogens is 205 g/mol. The molecule has 0 radical (unpaired) electrons. The third kappa shape index (κ3) is 3.02. The van der Waals surface area contributed by atoms with Crippen LogP contribution in [0, 0.1) is 0 Å². The van der Waals surface area contributed by atoms with Crippen LogP contribution < -0.4 is 3.53 Å². The molecule has 2 N–H and O–H groups in total. The van der Waals surface area contributed by atoms with Crippen molar-refractivity contribution in [3.63, 3.8) is 0 Å². The van der Waals surface area contributed by atoms with E-state index in [2.05, 4.69) is 10.1 Å². The third-order valence-electron chi connectivity index (χ3n) is 0.570. The molecule has 0 saturated carbocycles. The molecule has 0 aliphatic carbocycles. The van der Waals surface area contributed by atoms with Crippen LogP contribution in [0.5, 0.6) is 0 Å². The van der Waals surface area contributed by atoms with Crippen molar-refractivity contribution in [2.45, 2.75) is 13.2 Å². The molecule has 0 aromatic heterocycles. The Kier molecular flexibility index (Phi) is 3.59. The Morgan fingerprint density at radius 1 is 2.00 bits per heavy atom. The van der Waals surface area contributed by atoms with Gasteiger partial charge in [-0.2, -0.15) is 0 Å². The van der Waals surface area contributed by atoms with E-state index in [9.17, 15) is 0 Å². The van der Waals surface area contributed by atoms with Crippen LogP contribution in [0.25, 0.3) is 0 Å². The summed E-state index contributed by atoms with van der Waals surface area (Å²) in [6.45, 7) is 5.27. The van der Waals surface area contributed by atoms with E-state index < -0.39 is 6.23 Å². The lowest BCUT2D eigenvalue weighted by Gasteiger charge is -2.03. The van der Waals surface area contributed by atoms with E-state index in [1.807, 2.05) is 22.9 Å². The summed E-state index contributed by atoms with van der Waals surface area (Å²) in [7, 11) is 0. The van der Waals surface area contributed by atoms with Crippen molar-refractivity contribution < 1.29 is 5.11 Å². The summed E-state index contributed by atoms with van der Waals surface area (Å²) in [6.07, 6.45) is -0.555. The molecule has 0 rings (SSSR count). The number of aliphatic hydroxyl groups is 1. The van der Waals surface area contributed by atoms with Gasteiger partial charge in [-0.15, -0.1) is 0 Å². The molecule has 0 spiro atoms. The normalized spacial score (nSPS) is 13.6. The summed E-state index contributed by atoms with van der Waals surface area (Å²) in [5.74, 6) is 0. The maximum atomic E-state index is 8.72. The van der Waals surface area contributed by atoms with E-state index >= 15 is 0 Å². The second kappa shape index (κ2) is 3.40. The average molecular weight is 213 g/mol. The molecule has 7 heavy (non-hydrogen) atoms.